The van der Waals surface area contributed by atoms with Crippen LogP contribution >= 0.6 is 11.6 Å². The smallest absolute Gasteiger partial charge is 0.0458 e. The fourth-order valence-electron chi connectivity index (χ4n) is 1.25. The summed E-state index contributed by atoms with van der Waals surface area (Å²) in [7, 11) is 1.90. The molecule has 0 atom stereocenters. The van der Waals surface area contributed by atoms with Crippen molar-refractivity contribution in [2.75, 3.05) is 12.4 Å². The molecule has 12 heavy (non-hydrogen) atoms. The van der Waals surface area contributed by atoms with Crippen molar-refractivity contribution in [1.29, 1.82) is 0 Å². The Morgan fingerprint density at radius 3 is 2.58 bits per heavy atom. The van der Waals surface area contributed by atoms with Crippen LogP contribution in [0.1, 0.15) is 18.1 Å². The van der Waals surface area contributed by atoms with E-state index in [2.05, 4.69) is 25.2 Å². The fraction of sp³-hybridized carbons (Fsp3) is 0.400. The van der Waals surface area contributed by atoms with E-state index in [4.69, 9.17) is 11.6 Å². The number of hydrogen-bond donors (Lipinski definition) is 1. The van der Waals surface area contributed by atoms with Crippen molar-refractivity contribution < 1.29 is 0 Å². The van der Waals surface area contributed by atoms with Crippen molar-refractivity contribution in [3.05, 3.63) is 28.3 Å². The Morgan fingerprint density at radius 2 is 2.08 bits per heavy atom. The fourth-order valence-corrected chi connectivity index (χ4v) is 1.49. The van der Waals surface area contributed by atoms with E-state index < -0.39 is 0 Å². The summed E-state index contributed by atoms with van der Waals surface area (Å²) in [6.45, 7) is 4.19. The average Bonchev–Trinajstić information content (AvgIpc) is 2.09. The molecule has 0 spiro atoms. The highest BCUT2D eigenvalue weighted by Gasteiger charge is 2.02. The van der Waals surface area contributed by atoms with Crippen molar-refractivity contribution in [3.8, 4) is 0 Å². The van der Waals surface area contributed by atoms with E-state index in [-0.39, 0.29) is 0 Å². The lowest BCUT2D eigenvalue weighted by molar-refractivity contribution is 1.11. The molecule has 0 bridgehead atoms. The minimum Gasteiger partial charge on any atom is -0.388 e. The molecule has 0 aliphatic carbocycles. The highest BCUT2D eigenvalue weighted by Crippen LogP contribution is 2.24. The average molecular weight is 184 g/mol. The molecule has 0 unspecified atom stereocenters. The summed E-state index contributed by atoms with van der Waals surface area (Å²) in [6.07, 6.45) is 1.03. The van der Waals surface area contributed by atoms with Crippen LogP contribution in [0.4, 0.5) is 5.69 Å². The van der Waals surface area contributed by atoms with Gasteiger partial charge in [-0.05, 0) is 36.6 Å². The summed E-state index contributed by atoms with van der Waals surface area (Å²) in [5.41, 5.74) is 3.59. The SMILES string of the molecule is CCc1cc(NC)cc(Cl)c1C. The third-order valence-corrected chi connectivity index (χ3v) is 2.51. The number of hydrogen-bond acceptors (Lipinski definition) is 1. The number of rotatable bonds is 2. The Bertz CT molecular complexity index is 281. The first-order valence-electron chi connectivity index (χ1n) is 4.15. The maximum atomic E-state index is 6.04. The normalized spacial score (nSPS) is 10.0. The first kappa shape index (κ1) is 9.40. The second-order valence-corrected chi connectivity index (χ2v) is 3.25. The van der Waals surface area contributed by atoms with Gasteiger partial charge < -0.3 is 5.32 Å². The van der Waals surface area contributed by atoms with Crippen molar-refractivity contribution in [2.24, 2.45) is 0 Å². The van der Waals surface area contributed by atoms with E-state index in [9.17, 15) is 0 Å². The third-order valence-electron chi connectivity index (χ3n) is 2.12. The molecule has 2 heteroatoms. The van der Waals surface area contributed by atoms with Crippen molar-refractivity contribution in [3.63, 3.8) is 0 Å². The molecule has 0 radical (unpaired) electrons. The molecule has 0 saturated carbocycles. The molecule has 1 nitrogen and oxygen atoms in total. The molecular weight excluding hydrogens is 170 g/mol. The molecule has 0 aliphatic heterocycles. The standard InChI is InChI=1S/C10H14ClN/c1-4-8-5-9(12-3)6-10(11)7(8)2/h5-6,12H,4H2,1-3H3. The zero-order valence-corrected chi connectivity index (χ0v) is 8.50. The molecule has 0 heterocycles. The molecule has 0 saturated heterocycles. The lowest BCUT2D eigenvalue weighted by Gasteiger charge is -2.08. The van der Waals surface area contributed by atoms with Gasteiger partial charge >= 0.3 is 0 Å². The van der Waals surface area contributed by atoms with Crippen LogP contribution in [0.5, 0.6) is 0 Å². The van der Waals surface area contributed by atoms with E-state index in [1.165, 1.54) is 11.1 Å². The van der Waals surface area contributed by atoms with Crippen molar-refractivity contribution in [2.45, 2.75) is 20.3 Å². The predicted molar refractivity (Wildman–Crippen MR) is 55.1 cm³/mol. The minimum atomic E-state index is 0.846. The van der Waals surface area contributed by atoms with Gasteiger partial charge in [0.05, 0.1) is 0 Å². The van der Waals surface area contributed by atoms with Gasteiger partial charge in [0.25, 0.3) is 0 Å². The van der Waals surface area contributed by atoms with Gasteiger partial charge in [0.15, 0.2) is 0 Å². The molecule has 1 aromatic carbocycles. The number of aryl methyl sites for hydroxylation is 1. The summed E-state index contributed by atoms with van der Waals surface area (Å²) in [6, 6.07) is 4.09. The van der Waals surface area contributed by atoms with Gasteiger partial charge in [-0.25, -0.2) is 0 Å². The largest absolute Gasteiger partial charge is 0.388 e. The molecule has 0 aromatic heterocycles. The molecule has 1 N–H and O–H groups in total. The maximum Gasteiger partial charge on any atom is 0.0458 e. The molecule has 0 aliphatic rings. The number of nitrogens with one attached hydrogen (secondary N) is 1. The summed E-state index contributed by atoms with van der Waals surface area (Å²) in [5, 5.41) is 3.93. The molecular formula is C10H14ClN. The highest BCUT2D eigenvalue weighted by atomic mass is 35.5. The number of anilines is 1. The maximum absolute atomic E-state index is 6.04. The molecule has 1 rings (SSSR count). The molecule has 1 aromatic rings. The van der Waals surface area contributed by atoms with Crippen LogP contribution in [-0.4, -0.2) is 7.05 Å². The van der Waals surface area contributed by atoms with E-state index in [0.717, 1.165) is 17.1 Å². The highest BCUT2D eigenvalue weighted by molar-refractivity contribution is 6.31. The first-order valence-corrected chi connectivity index (χ1v) is 4.53. The summed E-state index contributed by atoms with van der Waals surface area (Å²) >= 11 is 6.04. The van der Waals surface area contributed by atoms with Crippen molar-refractivity contribution >= 4 is 17.3 Å². The van der Waals surface area contributed by atoms with E-state index in [0.29, 0.717) is 0 Å². The Balaban J connectivity index is 3.19. The monoisotopic (exact) mass is 183 g/mol. The quantitative estimate of drug-likeness (QED) is 0.743. The van der Waals surface area contributed by atoms with E-state index >= 15 is 0 Å². The van der Waals surface area contributed by atoms with Crippen LogP contribution in [0, 0.1) is 6.92 Å². The van der Waals surface area contributed by atoms with Gasteiger partial charge in [-0.15, -0.1) is 0 Å². The lowest BCUT2D eigenvalue weighted by atomic mass is 10.1. The second-order valence-electron chi connectivity index (χ2n) is 2.85. The van der Waals surface area contributed by atoms with Crippen LogP contribution in [0.2, 0.25) is 5.02 Å². The van der Waals surface area contributed by atoms with Gasteiger partial charge in [0.1, 0.15) is 0 Å². The summed E-state index contributed by atoms with van der Waals surface area (Å²) in [4.78, 5) is 0. The Kier molecular flexibility index (Phi) is 2.99. The Hall–Kier alpha value is -0.690. The van der Waals surface area contributed by atoms with Crippen LogP contribution < -0.4 is 5.32 Å². The van der Waals surface area contributed by atoms with Crippen molar-refractivity contribution in [1.82, 2.24) is 0 Å². The van der Waals surface area contributed by atoms with Crippen LogP contribution in [-0.2, 0) is 6.42 Å². The second kappa shape index (κ2) is 3.81. The topological polar surface area (TPSA) is 12.0 Å². The van der Waals surface area contributed by atoms with E-state index in [1.807, 2.05) is 13.1 Å². The van der Waals surface area contributed by atoms with Crippen LogP contribution in [0.25, 0.3) is 0 Å². The zero-order chi connectivity index (χ0) is 9.14. The van der Waals surface area contributed by atoms with Gasteiger partial charge in [0, 0.05) is 17.8 Å². The third kappa shape index (κ3) is 1.72. The molecule has 0 amide bonds. The predicted octanol–water partition coefficient (Wildman–Crippen LogP) is 3.25. The van der Waals surface area contributed by atoms with Crippen LogP contribution in [0.3, 0.4) is 0 Å². The zero-order valence-electron chi connectivity index (χ0n) is 7.74. The Labute approximate surface area is 78.7 Å². The lowest BCUT2D eigenvalue weighted by Crippen LogP contribution is -1.93. The van der Waals surface area contributed by atoms with Gasteiger partial charge in [-0.1, -0.05) is 18.5 Å². The van der Waals surface area contributed by atoms with Gasteiger partial charge in [0.2, 0.25) is 0 Å². The Morgan fingerprint density at radius 1 is 1.42 bits per heavy atom. The number of benzene rings is 1. The number of halogens is 1. The molecule has 66 valence electrons. The molecule has 0 fully saturated rings. The van der Waals surface area contributed by atoms with Crippen LogP contribution in [0.15, 0.2) is 12.1 Å². The minimum absolute atomic E-state index is 0.846. The van der Waals surface area contributed by atoms with E-state index in [1.54, 1.807) is 0 Å². The summed E-state index contributed by atoms with van der Waals surface area (Å²) in [5.74, 6) is 0. The first-order chi connectivity index (χ1) is 5.69. The summed E-state index contributed by atoms with van der Waals surface area (Å²) < 4.78 is 0. The van der Waals surface area contributed by atoms with Gasteiger partial charge in [-0.3, -0.25) is 0 Å². The van der Waals surface area contributed by atoms with Gasteiger partial charge in [-0.2, -0.15) is 0 Å².